The van der Waals surface area contributed by atoms with Gasteiger partial charge in [-0.3, -0.25) is 4.79 Å². The predicted octanol–water partition coefficient (Wildman–Crippen LogP) is 3.59. The van der Waals surface area contributed by atoms with E-state index in [1.165, 1.54) is 24.1 Å². The van der Waals surface area contributed by atoms with Gasteiger partial charge < -0.3 is 29.7 Å². The van der Waals surface area contributed by atoms with E-state index >= 15 is 0 Å². The normalized spacial score (nSPS) is 22.2. The van der Waals surface area contributed by atoms with Crippen LogP contribution in [0.25, 0.3) is 6.08 Å². The van der Waals surface area contributed by atoms with E-state index in [1.54, 1.807) is 19.2 Å². The van der Waals surface area contributed by atoms with Gasteiger partial charge in [0.15, 0.2) is 11.5 Å². The summed E-state index contributed by atoms with van der Waals surface area (Å²) in [5.41, 5.74) is 2.90. The van der Waals surface area contributed by atoms with Crippen LogP contribution in [0.3, 0.4) is 0 Å². The largest absolute Gasteiger partial charge is 0.493 e. The van der Waals surface area contributed by atoms with Gasteiger partial charge in [0, 0.05) is 44.2 Å². The van der Waals surface area contributed by atoms with E-state index in [-0.39, 0.29) is 11.9 Å². The molecule has 1 amide bonds. The lowest BCUT2D eigenvalue weighted by Crippen LogP contribution is -2.49. The average Bonchev–Trinajstić information content (AvgIpc) is 3.43. The molecule has 2 aromatic rings. The zero-order valence-electron chi connectivity index (χ0n) is 19.4. The van der Waals surface area contributed by atoms with Gasteiger partial charge in [-0.2, -0.15) is 0 Å². The third-order valence-electron chi connectivity index (χ3n) is 6.40. The van der Waals surface area contributed by atoms with Crippen molar-refractivity contribution in [2.24, 2.45) is 0 Å². The standard InChI is InChI=1S/C26H31N3O4/c1-26(2)32-23-14-18(13-22(31-3)24(23)33-26)25(30)28-15-20-11-10-17-7-4-5-9-21(17)29(20)16-19-8-6-12-27-19/h4-5,7,9-11,13-14,19-20,27H,6,8,12,15-16H2,1-3H3,(H,28,30)/t19?,20-/m0/s1. The number of methoxy groups -OCH3 is 1. The van der Waals surface area contributed by atoms with Gasteiger partial charge >= 0.3 is 0 Å². The van der Waals surface area contributed by atoms with Gasteiger partial charge in [0.05, 0.1) is 13.2 Å². The van der Waals surface area contributed by atoms with E-state index in [2.05, 4.69) is 52.0 Å². The Bertz CT molecular complexity index is 1080. The quantitative estimate of drug-likeness (QED) is 0.702. The second-order valence-electron chi connectivity index (χ2n) is 9.25. The number of fused-ring (bicyclic) bond motifs is 2. The molecule has 3 heterocycles. The fourth-order valence-electron chi connectivity index (χ4n) is 4.82. The van der Waals surface area contributed by atoms with Gasteiger partial charge in [0.2, 0.25) is 11.5 Å². The topological polar surface area (TPSA) is 72.1 Å². The minimum absolute atomic E-state index is 0.0705. The lowest BCUT2D eigenvalue weighted by atomic mass is 10.0. The van der Waals surface area contributed by atoms with E-state index < -0.39 is 5.79 Å². The molecule has 2 aromatic carbocycles. The summed E-state index contributed by atoms with van der Waals surface area (Å²) < 4.78 is 17.1. The molecule has 2 atom stereocenters. The van der Waals surface area contributed by atoms with Crippen LogP contribution in [0.2, 0.25) is 0 Å². The Morgan fingerprint density at radius 3 is 2.91 bits per heavy atom. The third-order valence-corrected chi connectivity index (χ3v) is 6.40. The number of para-hydroxylation sites is 1. The van der Waals surface area contributed by atoms with Crippen molar-refractivity contribution in [1.29, 1.82) is 0 Å². The summed E-state index contributed by atoms with van der Waals surface area (Å²) in [7, 11) is 1.56. The molecule has 0 radical (unpaired) electrons. The van der Waals surface area contributed by atoms with Crippen LogP contribution < -0.4 is 29.7 Å². The maximum Gasteiger partial charge on any atom is 0.251 e. The van der Waals surface area contributed by atoms with Gasteiger partial charge in [-0.05, 0) is 43.1 Å². The molecule has 0 aromatic heterocycles. The monoisotopic (exact) mass is 449 g/mol. The highest BCUT2D eigenvalue weighted by molar-refractivity contribution is 5.95. The predicted molar refractivity (Wildman–Crippen MR) is 128 cm³/mol. The van der Waals surface area contributed by atoms with Crippen molar-refractivity contribution >= 4 is 17.7 Å². The number of benzene rings is 2. The highest BCUT2D eigenvalue weighted by Gasteiger charge is 2.35. The molecule has 3 aliphatic rings. The maximum absolute atomic E-state index is 13.1. The molecule has 7 nitrogen and oxygen atoms in total. The van der Waals surface area contributed by atoms with Crippen molar-refractivity contribution in [3.63, 3.8) is 0 Å². The van der Waals surface area contributed by atoms with Gasteiger partial charge in [-0.15, -0.1) is 0 Å². The summed E-state index contributed by atoms with van der Waals surface area (Å²) in [4.78, 5) is 15.5. The van der Waals surface area contributed by atoms with Crippen LogP contribution in [0.1, 0.15) is 42.6 Å². The van der Waals surface area contributed by atoms with E-state index in [9.17, 15) is 4.79 Å². The number of amides is 1. The Kier molecular flexibility index (Phi) is 5.66. The first-order chi connectivity index (χ1) is 15.9. The molecule has 0 aliphatic carbocycles. The van der Waals surface area contributed by atoms with Gasteiger partial charge in [0.25, 0.3) is 5.91 Å². The van der Waals surface area contributed by atoms with Crippen LogP contribution >= 0.6 is 0 Å². The Morgan fingerprint density at radius 2 is 2.12 bits per heavy atom. The number of hydrogen-bond donors (Lipinski definition) is 2. The molecule has 3 aliphatic heterocycles. The first-order valence-electron chi connectivity index (χ1n) is 11.6. The summed E-state index contributed by atoms with van der Waals surface area (Å²) >= 11 is 0. The van der Waals surface area contributed by atoms with Crippen molar-refractivity contribution < 1.29 is 19.0 Å². The number of nitrogens with one attached hydrogen (secondary N) is 2. The minimum atomic E-state index is -0.792. The number of hydrogen-bond acceptors (Lipinski definition) is 6. The number of rotatable bonds is 6. The SMILES string of the molecule is COc1cc(C(=O)NC[C@@H]2C=Cc3ccccc3N2CC2CCCN2)cc2c1OC(C)(C)O2. The lowest BCUT2D eigenvalue weighted by molar-refractivity contribution is -0.0439. The molecule has 1 fully saturated rings. The van der Waals surface area contributed by atoms with Crippen LogP contribution in [-0.4, -0.2) is 50.5 Å². The van der Waals surface area contributed by atoms with E-state index in [0.29, 0.717) is 35.4 Å². The van der Waals surface area contributed by atoms with Crippen molar-refractivity contribution in [1.82, 2.24) is 10.6 Å². The molecule has 1 unspecified atom stereocenters. The highest BCUT2D eigenvalue weighted by atomic mass is 16.7. The molecule has 0 saturated carbocycles. The fourth-order valence-corrected chi connectivity index (χ4v) is 4.82. The number of nitrogens with zero attached hydrogens (tertiary/aromatic N) is 1. The van der Waals surface area contributed by atoms with Crippen LogP contribution in [0.4, 0.5) is 5.69 Å². The van der Waals surface area contributed by atoms with Crippen molar-refractivity contribution in [3.05, 3.63) is 53.6 Å². The van der Waals surface area contributed by atoms with Gasteiger partial charge in [0.1, 0.15) is 0 Å². The van der Waals surface area contributed by atoms with Crippen LogP contribution in [0.15, 0.2) is 42.5 Å². The Balaban J connectivity index is 1.32. The maximum atomic E-state index is 13.1. The Morgan fingerprint density at radius 1 is 1.27 bits per heavy atom. The van der Waals surface area contributed by atoms with Crippen molar-refractivity contribution in [2.75, 3.05) is 31.6 Å². The first-order valence-corrected chi connectivity index (χ1v) is 11.6. The molecule has 1 saturated heterocycles. The second-order valence-corrected chi connectivity index (χ2v) is 9.25. The van der Waals surface area contributed by atoms with Crippen LogP contribution in [0, 0.1) is 0 Å². The molecule has 0 spiro atoms. The summed E-state index contributed by atoms with van der Waals surface area (Å²) in [5, 5.41) is 6.71. The van der Waals surface area contributed by atoms with Crippen LogP contribution in [-0.2, 0) is 0 Å². The molecular formula is C26H31N3O4. The summed E-state index contributed by atoms with van der Waals surface area (Å²) in [6.45, 7) is 6.13. The molecule has 33 heavy (non-hydrogen) atoms. The molecule has 174 valence electrons. The number of ether oxygens (including phenoxy) is 3. The zero-order chi connectivity index (χ0) is 23.0. The van der Waals surface area contributed by atoms with E-state index in [0.717, 1.165) is 13.1 Å². The first kappa shape index (κ1) is 21.6. The van der Waals surface area contributed by atoms with Gasteiger partial charge in [-0.1, -0.05) is 30.4 Å². The molecular weight excluding hydrogens is 418 g/mol. The zero-order valence-corrected chi connectivity index (χ0v) is 19.4. The van der Waals surface area contributed by atoms with E-state index in [4.69, 9.17) is 14.2 Å². The summed E-state index contributed by atoms with van der Waals surface area (Å²) in [5.74, 6) is 0.574. The molecule has 7 heteroatoms. The average molecular weight is 450 g/mol. The third kappa shape index (κ3) is 4.37. The van der Waals surface area contributed by atoms with Crippen molar-refractivity contribution in [3.8, 4) is 17.2 Å². The smallest absolute Gasteiger partial charge is 0.251 e. The highest BCUT2D eigenvalue weighted by Crippen LogP contribution is 2.46. The number of carbonyl (C=O) groups is 1. The minimum Gasteiger partial charge on any atom is -0.493 e. The fraction of sp³-hybridized carbons (Fsp3) is 0.423. The second kappa shape index (κ2) is 8.63. The summed E-state index contributed by atoms with van der Waals surface area (Å²) in [6.07, 6.45) is 6.71. The molecule has 0 bridgehead atoms. The summed E-state index contributed by atoms with van der Waals surface area (Å²) in [6, 6.07) is 12.4. The Labute approximate surface area is 194 Å². The number of anilines is 1. The molecule has 5 rings (SSSR count). The molecule has 2 N–H and O–H groups in total. The van der Waals surface area contributed by atoms with Crippen molar-refractivity contribution in [2.45, 2.75) is 44.6 Å². The Hall–Kier alpha value is -3.19. The van der Waals surface area contributed by atoms with Gasteiger partial charge in [-0.25, -0.2) is 0 Å². The lowest BCUT2D eigenvalue weighted by Gasteiger charge is -2.37. The van der Waals surface area contributed by atoms with Crippen LogP contribution in [0.5, 0.6) is 17.2 Å². The number of carbonyl (C=O) groups excluding carboxylic acids is 1. The van der Waals surface area contributed by atoms with E-state index in [1.807, 2.05) is 13.8 Å².